The Kier molecular flexibility index (Phi) is 8.87. The fraction of sp³-hybridized carbons (Fsp3) is 0.135. The average molecular weight is 657 g/mol. The summed E-state index contributed by atoms with van der Waals surface area (Å²) < 4.78 is 19.2. The Hall–Kier alpha value is -6.24. The molecule has 1 saturated heterocycles. The van der Waals surface area contributed by atoms with Crippen molar-refractivity contribution >= 4 is 51.8 Å². The van der Waals surface area contributed by atoms with Crippen LogP contribution in [0.2, 0.25) is 0 Å². The first-order chi connectivity index (χ1) is 24.0. The van der Waals surface area contributed by atoms with E-state index in [9.17, 15) is 14.7 Å². The van der Waals surface area contributed by atoms with E-state index in [1.165, 1.54) is 9.80 Å². The standard InChI is InChI=1S/C37H32N6O6/c38-33-29-21-22-41(34(29)40-35(39-33)49-37(46)43(27-17-9-3-10-18-27)28-19-11-4-12-20-28)32-23-30(44)31(48-32)24-47-36(45)42(25-13-5-1-6-14-25)26-15-7-2-8-16-26/h1-22,30-32,44H,23-24H2,(H2,38,39,40)/t30-,31+,32+/m0/s1. The number of nitrogen functional groups attached to an aromatic ring is 1. The summed E-state index contributed by atoms with van der Waals surface area (Å²) in [6, 6.07) is 37.9. The van der Waals surface area contributed by atoms with E-state index in [4.69, 9.17) is 19.9 Å². The molecule has 3 heterocycles. The Morgan fingerprint density at radius 2 is 1.24 bits per heavy atom. The molecule has 1 aliphatic heterocycles. The van der Waals surface area contributed by atoms with Crippen molar-refractivity contribution in [1.29, 1.82) is 0 Å². The van der Waals surface area contributed by atoms with E-state index in [2.05, 4.69) is 9.97 Å². The third kappa shape index (κ3) is 6.63. The van der Waals surface area contributed by atoms with Crippen molar-refractivity contribution in [1.82, 2.24) is 14.5 Å². The molecule has 0 spiro atoms. The zero-order valence-corrected chi connectivity index (χ0v) is 26.1. The van der Waals surface area contributed by atoms with Crippen LogP contribution in [-0.2, 0) is 9.47 Å². The number of aliphatic hydroxyl groups excluding tert-OH is 1. The lowest BCUT2D eigenvalue weighted by molar-refractivity contribution is -0.0452. The van der Waals surface area contributed by atoms with E-state index in [0.717, 1.165) is 0 Å². The van der Waals surface area contributed by atoms with E-state index < -0.39 is 30.6 Å². The Morgan fingerprint density at radius 3 is 1.76 bits per heavy atom. The van der Waals surface area contributed by atoms with Gasteiger partial charge in [0.1, 0.15) is 24.8 Å². The first-order valence-electron chi connectivity index (χ1n) is 15.6. The average Bonchev–Trinajstić information content (AvgIpc) is 3.72. The zero-order valence-electron chi connectivity index (χ0n) is 26.1. The maximum Gasteiger partial charge on any atom is 0.426 e. The third-order valence-electron chi connectivity index (χ3n) is 8.07. The van der Waals surface area contributed by atoms with Gasteiger partial charge in [0.2, 0.25) is 0 Å². The summed E-state index contributed by atoms with van der Waals surface area (Å²) in [5.74, 6) is 0.100. The second-order valence-corrected chi connectivity index (χ2v) is 11.2. The van der Waals surface area contributed by atoms with Gasteiger partial charge in [-0.15, -0.1) is 0 Å². The number of hydrogen-bond acceptors (Lipinski definition) is 9. The molecule has 0 unspecified atom stereocenters. The SMILES string of the molecule is Nc1nc(OC(=O)N(c2ccccc2)c2ccccc2)nc2c1ccn2[C@H]1C[C@H](O)[C@@H](COC(=O)N(c2ccccc2)c2ccccc2)O1. The van der Waals surface area contributed by atoms with Gasteiger partial charge in [-0.25, -0.2) is 19.4 Å². The van der Waals surface area contributed by atoms with Crippen LogP contribution in [0.3, 0.4) is 0 Å². The van der Waals surface area contributed by atoms with E-state index >= 15 is 0 Å². The van der Waals surface area contributed by atoms with Crippen molar-refractivity contribution in [2.45, 2.75) is 24.9 Å². The maximum absolute atomic E-state index is 13.6. The maximum atomic E-state index is 13.6. The van der Waals surface area contributed by atoms with Crippen molar-refractivity contribution in [3.05, 3.63) is 134 Å². The molecule has 7 rings (SSSR count). The molecule has 2 aromatic heterocycles. The van der Waals surface area contributed by atoms with E-state index in [0.29, 0.717) is 33.8 Å². The molecule has 3 N–H and O–H groups in total. The molecular weight excluding hydrogens is 624 g/mol. The van der Waals surface area contributed by atoms with E-state index in [1.54, 1.807) is 41.1 Å². The summed E-state index contributed by atoms with van der Waals surface area (Å²) >= 11 is 0. The molecule has 1 aliphatic rings. The van der Waals surface area contributed by atoms with Crippen molar-refractivity contribution in [3.63, 3.8) is 0 Å². The topological polar surface area (TPSA) is 145 Å². The van der Waals surface area contributed by atoms with Gasteiger partial charge in [0.05, 0.1) is 34.2 Å². The highest BCUT2D eigenvalue weighted by Gasteiger charge is 2.37. The minimum atomic E-state index is -0.945. The van der Waals surface area contributed by atoms with Gasteiger partial charge in [-0.2, -0.15) is 9.97 Å². The van der Waals surface area contributed by atoms with Crippen LogP contribution in [-0.4, -0.2) is 50.6 Å². The van der Waals surface area contributed by atoms with Crippen LogP contribution in [0.15, 0.2) is 134 Å². The van der Waals surface area contributed by atoms with E-state index in [1.807, 2.05) is 97.1 Å². The van der Waals surface area contributed by atoms with Gasteiger partial charge in [0.25, 0.3) is 0 Å². The molecule has 4 aromatic carbocycles. The molecule has 2 amide bonds. The first kappa shape index (κ1) is 31.4. The highest BCUT2D eigenvalue weighted by atomic mass is 16.6. The fourth-order valence-corrected chi connectivity index (χ4v) is 5.72. The van der Waals surface area contributed by atoms with Crippen LogP contribution in [0.1, 0.15) is 12.6 Å². The van der Waals surface area contributed by atoms with Crippen LogP contribution >= 0.6 is 0 Å². The van der Waals surface area contributed by atoms with Crippen LogP contribution in [0, 0.1) is 0 Å². The molecule has 12 nitrogen and oxygen atoms in total. The number of carbonyl (C=O) groups is 2. The number of ether oxygens (including phenoxy) is 3. The zero-order chi connectivity index (χ0) is 33.7. The molecular formula is C37H32N6O6. The van der Waals surface area contributed by atoms with Gasteiger partial charge < -0.3 is 29.6 Å². The molecule has 0 radical (unpaired) electrons. The highest BCUT2D eigenvalue weighted by molar-refractivity contribution is 5.97. The Balaban J connectivity index is 1.08. The number of para-hydroxylation sites is 4. The number of aliphatic hydroxyl groups is 1. The fourth-order valence-electron chi connectivity index (χ4n) is 5.72. The molecule has 3 atom stereocenters. The third-order valence-corrected chi connectivity index (χ3v) is 8.07. The predicted molar refractivity (Wildman–Crippen MR) is 184 cm³/mol. The number of nitrogens with zero attached hydrogens (tertiary/aromatic N) is 5. The van der Waals surface area contributed by atoms with Crippen molar-refractivity contribution in [2.24, 2.45) is 0 Å². The normalized spacial score (nSPS) is 17.0. The molecule has 246 valence electrons. The molecule has 0 saturated carbocycles. The van der Waals surface area contributed by atoms with Crippen LogP contribution in [0.25, 0.3) is 11.0 Å². The minimum absolute atomic E-state index is 0.100. The summed E-state index contributed by atoms with van der Waals surface area (Å²) in [6.45, 7) is -0.194. The number of amides is 2. The van der Waals surface area contributed by atoms with Crippen LogP contribution < -0.4 is 20.3 Å². The van der Waals surface area contributed by atoms with Crippen molar-refractivity contribution in [2.75, 3.05) is 22.1 Å². The van der Waals surface area contributed by atoms with Gasteiger partial charge in [-0.3, -0.25) is 0 Å². The van der Waals surface area contributed by atoms with Gasteiger partial charge in [0.15, 0.2) is 5.65 Å². The molecule has 6 aromatic rings. The number of anilines is 5. The lowest BCUT2D eigenvalue weighted by Gasteiger charge is -2.24. The molecule has 49 heavy (non-hydrogen) atoms. The van der Waals surface area contributed by atoms with Gasteiger partial charge in [-0.1, -0.05) is 72.8 Å². The molecule has 0 bridgehead atoms. The lowest BCUT2D eigenvalue weighted by atomic mass is 10.2. The number of nitrogens with two attached hydrogens (primary N) is 1. The summed E-state index contributed by atoms with van der Waals surface area (Å²) in [7, 11) is 0. The van der Waals surface area contributed by atoms with E-state index in [-0.39, 0.29) is 24.9 Å². The van der Waals surface area contributed by atoms with Gasteiger partial charge in [-0.05, 0) is 54.6 Å². The molecule has 1 fully saturated rings. The number of aromatic nitrogens is 3. The minimum Gasteiger partial charge on any atom is -0.446 e. The van der Waals surface area contributed by atoms with Crippen molar-refractivity contribution < 1.29 is 28.9 Å². The monoisotopic (exact) mass is 656 g/mol. The Bertz CT molecular complexity index is 1970. The van der Waals surface area contributed by atoms with Gasteiger partial charge in [0, 0.05) is 12.6 Å². The largest absolute Gasteiger partial charge is 0.446 e. The number of rotatable bonds is 8. The Labute approximate surface area is 281 Å². The van der Waals surface area contributed by atoms with Crippen molar-refractivity contribution in [3.8, 4) is 6.01 Å². The number of carbonyl (C=O) groups excluding carboxylic acids is 2. The lowest BCUT2D eigenvalue weighted by Crippen LogP contribution is -2.33. The summed E-state index contributed by atoms with van der Waals surface area (Å²) in [5, 5.41) is 11.5. The smallest absolute Gasteiger partial charge is 0.426 e. The Morgan fingerprint density at radius 1 is 0.755 bits per heavy atom. The number of benzene rings is 4. The molecule has 0 aliphatic carbocycles. The van der Waals surface area contributed by atoms with Gasteiger partial charge >= 0.3 is 18.2 Å². The van der Waals surface area contributed by atoms with Crippen LogP contribution in [0.4, 0.5) is 38.2 Å². The highest BCUT2D eigenvalue weighted by Crippen LogP contribution is 2.34. The quantitative estimate of drug-likeness (QED) is 0.177. The number of hydrogen-bond donors (Lipinski definition) is 2. The molecule has 12 heteroatoms. The van der Waals surface area contributed by atoms with Crippen LogP contribution in [0.5, 0.6) is 6.01 Å². The summed E-state index contributed by atoms with van der Waals surface area (Å²) in [5.41, 5.74) is 9.07. The second kappa shape index (κ2) is 13.9. The first-order valence-corrected chi connectivity index (χ1v) is 15.6. The predicted octanol–water partition coefficient (Wildman–Crippen LogP) is 6.97. The summed E-state index contributed by atoms with van der Waals surface area (Å²) in [6.07, 6.45) is -1.90. The summed E-state index contributed by atoms with van der Waals surface area (Å²) in [4.78, 5) is 38.5. The second-order valence-electron chi connectivity index (χ2n) is 11.2. The number of fused-ring (bicyclic) bond motifs is 1.